The van der Waals surface area contributed by atoms with Crippen LogP contribution in [0.1, 0.15) is 53.5 Å². The van der Waals surface area contributed by atoms with Gasteiger partial charge in [0.25, 0.3) is 5.91 Å². The summed E-state index contributed by atoms with van der Waals surface area (Å²) in [6, 6.07) is 8.09. The Bertz CT molecular complexity index is 683. The molecule has 1 aromatic heterocycles. The van der Waals surface area contributed by atoms with Crippen molar-refractivity contribution in [2.24, 2.45) is 0 Å². The summed E-state index contributed by atoms with van der Waals surface area (Å²) in [4.78, 5) is 23.4. The zero-order chi connectivity index (χ0) is 16.9. The van der Waals surface area contributed by atoms with E-state index >= 15 is 0 Å². The second-order valence-corrected chi connectivity index (χ2v) is 6.18. The molecule has 2 heterocycles. The van der Waals surface area contributed by atoms with Gasteiger partial charge in [0.05, 0.1) is 25.0 Å². The lowest BCUT2D eigenvalue weighted by Gasteiger charge is -2.30. The molecular weight excluding hydrogens is 302 g/mol. The predicted molar refractivity (Wildman–Crippen MR) is 92.0 cm³/mol. The van der Waals surface area contributed by atoms with Crippen LogP contribution in [0.2, 0.25) is 0 Å². The van der Waals surface area contributed by atoms with Gasteiger partial charge in [-0.05, 0) is 37.5 Å². The normalized spacial score (nSPS) is 18.1. The van der Waals surface area contributed by atoms with E-state index in [2.05, 4.69) is 22.1 Å². The Morgan fingerprint density at radius 1 is 1.12 bits per heavy atom. The molecule has 0 N–H and O–H groups in total. The second kappa shape index (κ2) is 7.43. The lowest BCUT2D eigenvalue weighted by molar-refractivity contribution is 0.0674. The van der Waals surface area contributed by atoms with Gasteiger partial charge in [-0.1, -0.05) is 25.0 Å². The van der Waals surface area contributed by atoms with Crippen molar-refractivity contribution in [2.75, 3.05) is 13.7 Å². The molecule has 1 atom stereocenters. The molecule has 0 aliphatic carbocycles. The number of methoxy groups -OCH3 is 1. The van der Waals surface area contributed by atoms with Gasteiger partial charge in [0.15, 0.2) is 0 Å². The van der Waals surface area contributed by atoms with Crippen molar-refractivity contribution < 1.29 is 9.53 Å². The van der Waals surface area contributed by atoms with Crippen LogP contribution < -0.4 is 4.74 Å². The van der Waals surface area contributed by atoms with Crippen LogP contribution in [-0.2, 0) is 0 Å². The van der Waals surface area contributed by atoms with E-state index in [1.54, 1.807) is 19.5 Å². The lowest BCUT2D eigenvalue weighted by Crippen LogP contribution is -2.35. The Morgan fingerprint density at radius 2 is 1.92 bits per heavy atom. The molecule has 2 aromatic rings. The van der Waals surface area contributed by atoms with Crippen molar-refractivity contribution in [3.05, 3.63) is 53.6 Å². The molecule has 1 unspecified atom stereocenters. The van der Waals surface area contributed by atoms with E-state index in [4.69, 9.17) is 4.74 Å². The molecule has 1 fully saturated rings. The number of carbonyl (C=O) groups excluding carboxylic acids is 1. The van der Waals surface area contributed by atoms with Crippen molar-refractivity contribution in [3.63, 3.8) is 0 Å². The minimum absolute atomic E-state index is 0.0368. The standard InChI is InChI=1S/C19H23N3O2/c1-14-12-21-17(13-20-14)19(23)22-11-5-3-4-6-18(22)15-7-9-16(24-2)10-8-15/h7-10,12-13,18H,3-6,11H2,1-2H3. The Kier molecular flexibility index (Phi) is 5.08. The predicted octanol–water partition coefficient (Wildman–Crippen LogP) is 3.55. The van der Waals surface area contributed by atoms with Crippen LogP contribution >= 0.6 is 0 Å². The summed E-state index contributed by atoms with van der Waals surface area (Å²) in [7, 11) is 1.66. The quantitative estimate of drug-likeness (QED) is 0.866. The molecule has 1 aromatic carbocycles. The first-order valence-electron chi connectivity index (χ1n) is 8.42. The first kappa shape index (κ1) is 16.4. The second-order valence-electron chi connectivity index (χ2n) is 6.18. The van der Waals surface area contributed by atoms with Gasteiger partial charge >= 0.3 is 0 Å². The molecule has 1 saturated heterocycles. The minimum Gasteiger partial charge on any atom is -0.497 e. The molecule has 3 rings (SSSR count). The number of carbonyl (C=O) groups is 1. The average molecular weight is 325 g/mol. The average Bonchev–Trinajstić information content (AvgIpc) is 2.88. The zero-order valence-corrected chi connectivity index (χ0v) is 14.2. The van der Waals surface area contributed by atoms with Crippen LogP contribution in [0.3, 0.4) is 0 Å². The van der Waals surface area contributed by atoms with Crippen LogP contribution in [0, 0.1) is 6.92 Å². The first-order valence-corrected chi connectivity index (χ1v) is 8.42. The number of ether oxygens (including phenoxy) is 1. The summed E-state index contributed by atoms with van der Waals surface area (Å²) in [5.74, 6) is 0.792. The fourth-order valence-corrected chi connectivity index (χ4v) is 3.17. The molecule has 0 bridgehead atoms. The van der Waals surface area contributed by atoms with Gasteiger partial charge in [-0.2, -0.15) is 0 Å². The molecule has 0 saturated carbocycles. The smallest absolute Gasteiger partial charge is 0.274 e. The first-order chi connectivity index (χ1) is 11.7. The number of aromatic nitrogens is 2. The number of aryl methyl sites for hydroxylation is 1. The van der Waals surface area contributed by atoms with E-state index in [-0.39, 0.29) is 11.9 Å². The third-order valence-electron chi connectivity index (χ3n) is 4.51. The Hall–Kier alpha value is -2.43. The largest absolute Gasteiger partial charge is 0.497 e. The van der Waals surface area contributed by atoms with Crippen LogP contribution in [-0.4, -0.2) is 34.4 Å². The van der Waals surface area contributed by atoms with Gasteiger partial charge in [-0.15, -0.1) is 0 Å². The fourth-order valence-electron chi connectivity index (χ4n) is 3.17. The SMILES string of the molecule is COc1ccc(C2CCCCCN2C(=O)c2cnc(C)cn2)cc1. The molecule has 1 aliphatic rings. The minimum atomic E-state index is -0.0368. The highest BCUT2D eigenvalue weighted by atomic mass is 16.5. The molecule has 126 valence electrons. The number of nitrogens with zero attached hydrogens (tertiary/aromatic N) is 3. The zero-order valence-electron chi connectivity index (χ0n) is 14.2. The fraction of sp³-hybridized carbons (Fsp3) is 0.421. The Labute approximate surface area is 142 Å². The van der Waals surface area contributed by atoms with Crippen molar-refractivity contribution in [3.8, 4) is 5.75 Å². The van der Waals surface area contributed by atoms with Crippen LogP contribution in [0.25, 0.3) is 0 Å². The number of hydrogen-bond donors (Lipinski definition) is 0. The summed E-state index contributed by atoms with van der Waals surface area (Å²) < 4.78 is 5.24. The van der Waals surface area contributed by atoms with Crippen molar-refractivity contribution in [1.29, 1.82) is 0 Å². The van der Waals surface area contributed by atoms with Crippen molar-refractivity contribution in [1.82, 2.24) is 14.9 Å². The molecule has 5 heteroatoms. The number of amides is 1. The molecule has 1 aliphatic heterocycles. The monoisotopic (exact) mass is 325 g/mol. The highest BCUT2D eigenvalue weighted by Crippen LogP contribution is 2.32. The Balaban J connectivity index is 1.88. The van der Waals surface area contributed by atoms with Gasteiger partial charge in [0.1, 0.15) is 11.4 Å². The van der Waals surface area contributed by atoms with Gasteiger partial charge in [0.2, 0.25) is 0 Å². The third-order valence-corrected chi connectivity index (χ3v) is 4.51. The highest BCUT2D eigenvalue weighted by Gasteiger charge is 2.28. The lowest BCUT2D eigenvalue weighted by atomic mass is 10.0. The molecular formula is C19H23N3O2. The maximum atomic E-state index is 13.0. The van der Waals surface area contributed by atoms with E-state index < -0.39 is 0 Å². The van der Waals surface area contributed by atoms with Crippen LogP contribution in [0.5, 0.6) is 5.75 Å². The number of likely N-dealkylation sites (tertiary alicyclic amines) is 1. The third kappa shape index (κ3) is 3.55. The molecule has 0 radical (unpaired) electrons. The maximum absolute atomic E-state index is 13.0. The van der Waals surface area contributed by atoms with Crippen LogP contribution in [0.15, 0.2) is 36.7 Å². The van der Waals surface area contributed by atoms with E-state index in [0.29, 0.717) is 5.69 Å². The summed E-state index contributed by atoms with van der Waals surface area (Å²) in [6.45, 7) is 2.62. The van der Waals surface area contributed by atoms with Crippen molar-refractivity contribution in [2.45, 2.75) is 38.6 Å². The van der Waals surface area contributed by atoms with Crippen molar-refractivity contribution >= 4 is 5.91 Å². The van der Waals surface area contributed by atoms with Gasteiger partial charge in [-0.3, -0.25) is 9.78 Å². The maximum Gasteiger partial charge on any atom is 0.274 e. The van der Waals surface area contributed by atoms with E-state index in [1.807, 2.05) is 24.0 Å². The number of rotatable bonds is 3. The van der Waals surface area contributed by atoms with Crippen LogP contribution in [0.4, 0.5) is 0 Å². The van der Waals surface area contributed by atoms with E-state index in [0.717, 1.165) is 49.2 Å². The van der Waals surface area contributed by atoms with Gasteiger partial charge in [0, 0.05) is 12.7 Å². The topological polar surface area (TPSA) is 55.3 Å². The molecule has 5 nitrogen and oxygen atoms in total. The summed E-state index contributed by atoms with van der Waals surface area (Å²) in [6.07, 6.45) is 7.49. The summed E-state index contributed by atoms with van der Waals surface area (Å²) in [5, 5.41) is 0. The molecule has 24 heavy (non-hydrogen) atoms. The molecule has 1 amide bonds. The van der Waals surface area contributed by atoms with Gasteiger partial charge < -0.3 is 9.64 Å². The molecule has 0 spiro atoms. The Morgan fingerprint density at radius 3 is 2.58 bits per heavy atom. The van der Waals surface area contributed by atoms with E-state index in [1.165, 1.54) is 0 Å². The van der Waals surface area contributed by atoms with E-state index in [9.17, 15) is 4.79 Å². The summed E-state index contributed by atoms with van der Waals surface area (Å²) in [5.41, 5.74) is 2.38. The van der Waals surface area contributed by atoms with Gasteiger partial charge in [-0.25, -0.2) is 4.98 Å². The summed E-state index contributed by atoms with van der Waals surface area (Å²) >= 11 is 0. The number of hydrogen-bond acceptors (Lipinski definition) is 4. The number of benzene rings is 1. The highest BCUT2D eigenvalue weighted by molar-refractivity contribution is 5.92.